The first kappa shape index (κ1) is 33.9. The number of carbonyl (C=O) groups excluding carboxylic acids is 2. The molecule has 2 amide bonds. The first-order valence-corrected chi connectivity index (χ1v) is 16.7. The van der Waals surface area contributed by atoms with E-state index in [0.29, 0.717) is 75.1 Å². The lowest BCUT2D eigenvalue weighted by molar-refractivity contribution is -0.133. The van der Waals surface area contributed by atoms with Gasteiger partial charge in [-0.05, 0) is 74.4 Å². The number of ether oxygens (including phenoxy) is 1. The number of nitrogens with zero attached hydrogens (tertiary/aromatic N) is 6. The molecule has 0 unspecified atom stereocenters. The Hall–Kier alpha value is -4.97. The predicted octanol–water partition coefficient (Wildman–Crippen LogP) is 4.15. The zero-order valence-electron chi connectivity index (χ0n) is 28.3. The van der Waals surface area contributed by atoms with Crippen molar-refractivity contribution in [2.24, 2.45) is 21.1 Å². The summed E-state index contributed by atoms with van der Waals surface area (Å²) in [6, 6.07) is 16.3. The summed E-state index contributed by atoms with van der Waals surface area (Å²) in [6.07, 6.45) is 4.61. The van der Waals surface area contributed by atoms with E-state index in [1.54, 1.807) is 18.0 Å². The number of aromatic nitrogens is 1. The summed E-state index contributed by atoms with van der Waals surface area (Å²) in [4.78, 5) is 45.3. The van der Waals surface area contributed by atoms with Crippen LogP contribution in [-0.4, -0.2) is 97.9 Å². The van der Waals surface area contributed by atoms with E-state index in [2.05, 4.69) is 32.0 Å². The number of pyridine rings is 1. The molecule has 3 saturated heterocycles. The molecule has 49 heavy (non-hydrogen) atoms. The van der Waals surface area contributed by atoms with Crippen LogP contribution in [0.4, 0.5) is 10.1 Å². The molecule has 0 saturated carbocycles. The van der Waals surface area contributed by atoms with Gasteiger partial charge in [-0.25, -0.2) is 14.4 Å². The van der Waals surface area contributed by atoms with Crippen molar-refractivity contribution in [3.8, 4) is 5.88 Å². The minimum atomic E-state index is -0.613. The minimum Gasteiger partial charge on any atom is -0.481 e. The number of anilines is 1. The maximum Gasteiger partial charge on any atom is 0.236 e. The Morgan fingerprint density at radius 3 is 2.55 bits per heavy atom. The molecule has 3 aliphatic heterocycles. The highest BCUT2D eigenvalue weighted by atomic mass is 19.1. The third-order valence-corrected chi connectivity index (χ3v) is 10.2. The van der Waals surface area contributed by atoms with E-state index in [1.165, 1.54) is 31.1 Å². The van der Waals surface area contributed by atoms with Crippen LogP contribution in [-0.2, 0) is 9.59 Å². The van der Waals surface area contributed by atoms with Gasteiger partial charge in [0, 0.05) is 56.1 Å². The Morgan fingerprint density at radius 2 is 1.84 bits per heavy atom. The molecule has 0 aliphatic carbocycles. The second-order valence-electron chi connectivity index (χ2n) is 13.2. The van der Waals surface area contributed by atoms with E-state index in [9.17, 15) is 14.0 Å². The third-order valence-electron chi connectivity index (χ3n) is 10.2. The average Bonchev–Trinajstić information content (AvgIpc) is 3.68. The smallest absolute Gasteiger partial charge is 0.236 e. The van der Waals surface area contributed by atoms with Crippen LogP contribution in [0.25, 0.3) is 0 Å². The molecule has 12 heteroatoms. The number of benzene rings is 2. The number of rotatable bonds is 9. The Morgan fingerprint density at radius 1 is 1.10 bits per heavy atom. The number of methoxy groups -OCH3 is 1. The van der Waals surface area contributed by atoms with Crippen LogP contribution in [0.1, 0.15) is 59.5 Å². The van der Waals surface area contributed by atoms with Crippen LogP contribution in [0, 0.1) is 23.6 Å². The van der Waals surface area contributed by atoms with Gasteiger partial charge in [-0.15, -0.1) is 0 Å². The lowest BCUT2D eigenvalue weighted by Gasteiger charge is -2.33. The van der Waals surface area contributed by atoms with E-state index >= 15 is 0 Å². The Balaban J connectivity index is 1.04. The summed E-state index contributed by atoms with van der Waals surface area (Å²) in [6.45, 7) is 5.34. The van der Waals surface area contributed by atoms with Crippen molar-refractivity contribution >= 4 is 35.4 Å². The molecule has 0 radical (unpaired) electrons. The first-order chi connectivity index (χ1) is 23.6. The first-order valence-electron chi connectivity index (χ1n) is 16.7. The molecule has 6 rings (SSSR count). The normalized spacial score (nSPS) is 20.6. The van der Waals surface area contributed by atoms with E-state index in [1.807, 2.05) is 36.1 Å². The quantitative estimate of drug-likeness (QED) is 0.260. The highest BCUT2D eigenvalue weighted by Gasteiger charge is 2.51. The molecule has 3 N–H and O–H groups in total. The fourth-order valence-electron chi connectivity index (χ4n) is 7.30. The van der Waals surface area contributed by atoms with Crippen LogP contribution in [0.5, 0.6) is 5.88 Å². The van der Waals surface area contributed by atoms with Gasteiger partial charge in [0.05, 0.1) is 24.8 Å². The molecular formula is C37H43FN8O3. The lowest BCUT2D eigenvalue weighted by atomic mass is 9.85. The van der Waals surface area contributed by atoms with Gasteiger partial charge < -0.3 is 20.3 Å². The van der Waals surface area contributed by atoms with Gasteiger partial charge in [0.25, 0.3) is 0 Å². The number of likely N-dealkylation sites (tertiary alicyclic amines) is 2. The van der Waals surface area contributed by atoms with Crippen molar-refractivity contribution in [2.45, 2.75) is 38.5 Å². The topological polar surface area (TPSA) is 141 Å². The Bertz CT molecular complexity index is 1800. The second kappa shape index (κ2) is 14.3. The fourth-order valence-corrected chi connectivity index (χ4v) is 7.30. The summed E-state index contributed by atoms with van der Waals surface area (Å²) in [5.41, 5.74) is 9.35. The molecule has 3 aliphatic rings. The van der Waals surface area contributed by atoms with Gasteiger partial charge in [0.1, 0.15) is 17.9 Å². The average molecular weight is 667 g/mol. The summed E-state index contributed by atoms with van der Waals surface area (Å²) >= 11 is 0. The van der Waals surface area contributed by atoms with Crippen LogP contribution in [0.3, 0.4) is 0 Å². The zero-order chi connectivity index (χ0) is 34.7. The molecule has 2 aromatic carbocycles. The number of hydrogen-bond acceptors (Lipinski definition) is 7. The second-order valence-corrected chi connectivity index (χ2v) is 13.2. The molecule has 1 atom stereocenters. The molecule has 11 nitrogen and oxygen atoms in total. The number of nitrogens with one attached hydrogen (secondary N) is 1. The number of nitrogens with two attached hydrogens (primary N) is 1. The summed E-state index contributed by atoms with van der Waals surface area (Å²) in [5, 5.41) is 8.76. The van der Waals surface area contributed by atoms with Gasteiger partial charge in [0.2, 0.25) is 17.7 Å². The largest absolute Gasteiger partial charge is 0.481 e. The number of halogens is 1. The monoisotopic (exact) mass is 666 g/mol. The molecule has 256 valence electrons. The van der Waals surface area contributed by atoms with Gasteiger partial charge in [-0.1, -0.05) is 30.3 Å². The maximum atomic E-state index is 14.7. The van der Waals surface area contributed by atoms with Crippen molar-refractivity contribution in [1.82, 2.24) is 14.8 Å². The molecular weight excluding hydrogens is 623 g/mol. The number of aliphatic imine (C=N–C) groups is 2. The molecule has 3 aromatic rings. The number of hydrogen-bond donors (Lipinski definition) is 2. The Labute approximate surface area is 286 Å². The van der Waals surface area contributed by atoms with Gasteiger partial charge in [-0.2, -0.15) is 0 Å². The summed E-state index contributed by atoms with van der Waals surface area (Å²) < 4.78 is 19.8. The summed E-state index contributed by atoms with van der Waals surface area (Å²) in [7, 11) is 3.09. The molecule has 0 bridgehead atoms. The van der Waals surface area contributed by atoms with Crippen LogP contribution >= 0.6 is 0 Å². The number of amidine groups is 1. The number of piperidine rings is 1. The van der Waals surface area contributed by atoms with Gasteiger partial charge in [-0.3, -0.25) is 24.9 Å². The van der Waals surface area contributed by atoms with Crippen molar-refractivity contribution in [3.05, 3.63) is 88.4 Å². The van der Waals surface area contributed by atoms with E-state index < -0.39 is 11.2 Å². The molecule has 4 heterocycles. The third kappa shape index (κ3) is 6.96. The van der Waals surface area contributed by atoms with E-state index in [-0.39, 0.29) is 29.1 Å². The van der Waals surface area contributed by atoms with Crippen molar-refractivity contribution in [3.63, 3.8) is 0 Å². The fraction of sp³-hybridized carbons (Fsp3) is 0.405. The summed E-state index contributed by atoms with van der Waals surface area (Å²) in [5.74, 6) is 0.552. The predicted molar refractivity (Wildman–Crippen MR) is 188 cm³/mol. The standard InChI is InChI=1S/C37H43FN8O3/c1-24-4-9-28(20-29(24)33(39)34-30(38)10-11-31(43-34)49-3)46-19-15-37(36(46)48)14-18-44(22-37)21-32(47)45-16-12-26(13-17-45)25-5-7-27(8-6-25)35(40)42-23-41-2/h4-11,20,23,26,39H,12-19,21-22H2,1-3H3,(H2,40,41,42)/t37-/m0/s1. The van der Waals surface area contributed by atoms with Gasteiger partial charge >= 0.3 is 0 Å². The minimum absolute atomic E-state index is 0.0350. The molecule has 1 aromatic heterocycles. The van der Waals surface area contributed by atoms with E-state index in [4.69, 9.17) is 15.9 Å². The number of amides is 2. The highest BCUT2D eigenvalue weighted by Crippen LogP contribution is 2.43. The van der Waals surface area contributed by atoms with E-state index in [0.717, 1.165) is 24.0 Å². The van der Waals surface area contributed by atoms with Crippen molar-refractivity contribution < 1.29 is 18.7 Å². The molecule has 1 spiro atoms. The SMILES string of the molecule is CN=CN=C(N)c1ccc(C2CCN(C(=O)CN3CC[C@]4(CCN(c5ccc(C)c(C(=N)c6nc(OC)ccc6F)c5)C4=O)C3)CC2)cc1. The lowest BCUT2D eigenvalue weighted by Crippen LogP contribution is -2.44. The van der Waals surface area contributed by atoms with Crippen LogP contribution < -0.4 is 15.4 Å². The number of aryl methyl sites for hydroxylation is 1. The zero-order valence-corrected chi connectivity index (χ0v) is 28.3. The van der Waals surface area contributed by atoms with Crippen LogP contribution in [0.2, 0.25) is 0 Å². The van der Waals surface area contributed by atoms with Crippen molar-refractivity contribution in [1.29, 1.82) is 5.41 Å². The highest BCUT2D eigenvalue weighted by molar-refractivity contribution is 6.12. The Kier molecular flexibility index (Phi) is 9.86. The maximum absolute atomic E-state index is 14.7. The number of carbonyl (C=O) groups is 2. The van der Waals surface area contributed by atoms with Crippen LogP contribution in [0.15, 0.2) is 64.6 Å². The van der Waals surface area contributed by atoms with Crippen molar-refractivity contribution in [2.75, 3.05) is 58.3 Å². The molecule has 3 fully saturated rings. The van der Waals surface area contributed by atoms with Gasteiger partial charge in [0.15, 0.2) is 5.82 Å².